The summed E-state index contributed by atoms with van der Waals surface area (Å²) in [6.07, 6.45) is 1.76. The zero-order valence-electron chi connectivity index (χ0n) is 15.1. The molecule has 0 aliphatic rings. The number of ketones is 1. The lowest BCUT2D eigenvalue weighted by molar-refractivity contribution is -0.112. The van der Waals surface area contributed by atoms with Crippen molar-refractivity contribution in [3.8, 4) is 11.1 Å². The molecule has 0 fully saturated rings. The average molecular weight is 372 g/mol. The number of amides is 1. The van der Waals surface area contributed by atoms with Crippen LogP contribution in [0.1, 0.15) is 16.1 Å². The molecule has 5 heteroatoms. The minimum absolute atomic E-state index is 0.291. The number of carbonyl (C=O) groups is 2. The van der Waals surface area contributed by atoms with Crippen molar-refractivity contribution in [3.05, 3.63) is 96.1 Å². The summed E-state index contributed by atoms with van der Waals surface area (Å²) in [4.78, 5) is 25.7. The largest absolute Gasteiger partial charge is 0.319 e. The van der Waals surface area contributed by atoms with Gasteiger partial charge in [0.25, 0.3) is 11.7 Å². The number of pyridine rings is 1. The van der Waals surface area contributed by atoms with Gasteiger partial charge in [0, 0.05) is 23.0 Å². The Hall–Kier alpha value is -3.73. The molecule has 138 valence electrons. The standard InChI is InChI=1S/C23H17FN2O2/c1-15-5-7-16(8-6-15)20-14-19-4-2-3-13-26(19)21(20)22(27)23(28)25-18-11-9-17(24)10-12-18/h2-14H,1H3,(H,25,28). The number of Topliss-reactive ketones (excluding diaryl/α,β-unsaturated/α-hetero) is 1. The highest BCUT2D eigenvalue weighted by atomic mass is 19.1. The Morgan fingerprint density at radius 2 is 1.64 bits per heavy atom. The quantitative estimate of drug-likeness (QED) is 0.410. The molecule has 28 heavy (non-hydrogen) atoms. The van der Waals surface area contributed by atoms with Gasteiger partial charge in [-0.25, -0.2) is 4.39 Å². The van der Waals surface area contributed by atoms with Crippen molar-refractivity contribution in [3.63, 3.8) is 0 Å². The van der Waals surface area contributed by atoms with E-state index in [9.17, 15) is 14.0 Å². The van der Waals surface area contributed by atoms with Crippen molar-refractivity contribution in [1.82, 2.24) is 4.40 Å². The molecule has 0 saturated carbocycles. The van der Waals surface area contributed by atoms with Gasteiger partial charge in [-0.15, -0.1) is 0 Å². The third-order valence-electron chi connectivity index (χ3n) is 4.57. The Kier molecular flexibility index (Phi) is 4.49. The number of anilines is 1. The second-order valence-corrected chi connectivity index (χ2v) is 6.56. The molecule has 0 aliphatic carbocycles. The van der Waals surface area contributed by atoms with E-state index in [2.05, 4.69) is 5.32 Å². The number of benzene rings is 2. The van der Waals surface area contributed by atoms with E-state index >= 15 is 0 Å². The van der Waals surface area contributed by atoms with E-state index in [1.165, 1.54) is 24.3 Å². The first kappa shape index (κ1) is 17.7. The van der Waals surface area contributed by atoms with Crippen LogP contribution in [0.5, 0.6) is 0 Å². The maximum Gasteiger partial charge on any atom is 0.298 e. The van der Waals surface area contributed by atoms with Gasteiger partial charge in [-0.2, -0.15) is 0 Å². The Balaban J connectivity index is 1.76. The number of hydrogen-bond acceptors (Lipinski definition) is 2. The van der Waals surface area contributed by atoms with E-state index in [-0.39, 0.29) is 0 Å². The van der Waals surface area contributed by atoms with Crippen molar-refractivity contribution in [2.45, 2.75) is 6.92 Å². The van der Waals surface area contributed by atoms with Crippen LogP contribution in [0, 0.1) is 12.7 Å². The van der Waals surface area contributed by atoms with Crippen LogP contribution in [0.2, 0.25) is 0 Å². The SMILES string of the molecule is Cc1ccc(-c2cc3ccccn3c2C(=O)C(=O)Nc2ccc(F)cc2)cc1. The van der Waals surface area contributed by atoms with Crippen LogP contribution in [0.25, 0.3) is 16.6 Å². The molecule has 0 aliphatic heterocycles. The number of nitrogens with one attached hydrogen (secondary N) is 1. The number of fused-ring (bicyclic) bond motifs is 1. The highest BCUT2D eigenvalue weighted by molar-refractivity contribution is 6.47. The Bertz CT molecular complexity index is 1180. The number of halogens is 1. The molecule has 4 rings (SSSR count). The number of rotatable bonds is 4. The van der Waals surface area contributed by atoms with E-state index in [0.717, 1.165) is 16.6 Å². The van der Waals surface area contributed by atoms with Gasteiger partial charge >= 0.3 is 0 Å². The molecule has 0 unspecified atom stereocenters. The summed E-state index contributed by atoms with van der Waals surface area (Å²) >= 11 is 0. The zero-order chi connectivity index (χ0) is 19.7. The summed E-state index contributed by atoms with van der Waals surface area (Å²) in [5, 5.41) is 2.54. The Morgan fingerprint density at radius 1 is 0.929 bits per heavy atom. The molecule has 2 aromatic heterocycles. The fourth-order valence-corrected chi connectivity index (χ4v) is 3.14. The van der Waals surface area contributed by atoms with Gasteiger partial charge in [0.05, 0.1) is 0 Å². The molecule has 4 nitrogen and oxygen atoms in total. The third-order valence-corrected chi connectivity index (χ3v) is 4.57. The molecule has 0 radical (unpaired) electrons. The lowest BCUT2D eigenvalue weighted by Crippen LogP contribution is -2.24. The van der Waals surface area contributed by atoms with Gasteiger partial charge < -0.3 is 9.72 Å². The highest BCUT2D eigenvalue weighted by Gasteiger charge is 2.24. The number of carbonyl (C=O) groups excluding carboxylic acids is 2. The summed E-state index contributed by atoms with van der Waals surface area (Å²) < 4.78 is 14.8. The molecule has 1 N–H and O–H groups in total. The summed E-state index contributed by atoms with van der Waals surface area (Å²) in [6.45, 7) is 1.99. The van der Waals surface area contributed by atoms with E-state index < -0.39 is 17.5 Å². The fourth-order valence-electron chi connectivity index (χ4n) is 3.14. The van der Waals surface area contributed by atoms with Crippen LogP contribution in [0.4, 0.5) is 10.1 Å². The zero-order valence-corrected chi connectivity index (χ0v) is 15.1. The predicted molar refractivity (Wildman–Crippen MR) is 107 cm³/mol. The van der Waals surface area contributed by atoms with Gasteiger partial charge in [0.2, 0.25) is 0 Å². The number of nitrogens with zero attached hydrogens (tertiary/aromatic N) is 1. The first-order valence-corrected chi connectivity index (χ1v) is 8.81. The third kappa shape index (κ3) is 3.30. The van der Waals surface area contributed by atoms with Crippen molar-refractivity contribution < 1.29 is 14.0 Å². The molecular formula is C23H17FN2O2. The van der Waals surface area contributed by atoms with Gasteiger partial charge in [0.15, 0.2) is 0 Å². The van der Waals surface area contributed by atoms with Crippen LogP contribution in [-0.2, 0) is 4.79 Å². The van der Waals surface area contributed by atoms with Gasteiger partial charge in [0.1, 0.15) is 11.5 Å². The van der Waals surface area contributed by atoms with Crippen LogP contribution >= 0.6 is 0 Å². The fraction of sp³-hybridized carbons (Fsp3) is 0.0435. The highest BCUT2D eigenvalue weighted by Crippen LogP contribution is 2.29. The normalized spacial score (nSPS) is 10.8. The Labute approximate surface area is 161 Å². The molecular weight excluding hydrogens is 355 g/mol. The number of hydrogen-bond donors (Lipinski definition) is 1. The molecule has 0 bridgehead atoms. The van der Waals surface area contributed by atoms with E-state index in [1.54, 1.807) is 16.7 Å². The summed E-state index contributed by atoms with van der Waals surface area (Å²) in [6, 6.07) is 20.5. The van der Waals surface area contributed by atoms with Gasteiger partial charge in [-0.3, -0.25) is 9.59 Å². The lowest BCUT2D eigenvalue weighted by Gasteiger charge is -2.08. The van der Waals surface area contributed by atoms with Crippen molar-refractivity contribution >= 4 is 22.9 Å². The van der Waals surface area contributed by atoms with Crippen molar-refractivity contribution in [1.29, 1.82) is 0 Å². The van der Waals surface area contributed by atoms with Crippen molar-refractivity contribution in [2.75, 3.05) is 5.32 Å². The van der Waals surface area contributed by atoms with Crippen LogP contribution < -0.4 is 5.32 Å². The van der Waals surface area contributed by atoms with E-state index in [4.69, 9.17) is 0 Å². The maximum atomic E-state index is 13.1. The smallest absolute Gasteiger partial charge is 0.298 e. The van der Waals surface area contributed by atoms with E-state index in [1.807, 2.05) is 49.4 Å². The Morgan fingerprint density at radius 3 is 2.36 bits per heavy atom. The minimum atomic E-state index is -0.774. The summed E-state index contributed by atoms with van der Waals surface area (Å²) in [7, 11) is 0. The minimum Gasteiger partial charge on any atom is -0.319 e. The molecule has 2 aromatic carbocycles. The van der Waals surface area contributed by atoms with Gasteiger partial charge in [-0.05, 0) is 55.0 Å². The predicted octanol–water partition coefficient (Wildman–Crippen LogP) is 4.88. The average Bonchev–Trinajstić information content (AvgIpc) is 3.09. The molecule has 0 atom stereocenters. The lowest BCUT2D eigenvalue weighted by atomic mass is 10.0. The number of aryl methyl sites for hydroxylation is 1. The molecule has 1 amide bonds. The van der Waals surface area contributed by atoms with E-state index in [0.29, 0.717) is 16.9 Å². The molecule has 0 saturated heterocycles. The van der Waals surface area contributed by atoms with Crippen LogP contribution in [-0.4, -0.2) is 16.1 Å². The van der Waals surface area contributed by atoms with Crippen LogP contribution in [0.15, 0.2) is 79.0 Å². The molecule has 0 spiro atoms. The second-order valence-electron chi connectivity index (χ2n) is 6.56. The second kappa shape index (κ2) is 7.12. The van der Waals surface area contributed by atoms with Crippen molar-refractivity contribution in [2.24, 2.45) is 0 Å². The summed E-state index contributed by atoms with van der Waals surface area (Å²) in [5.41, 5.74) is 4.11. The first-order chi connectivity index (χ1) is 13.5. The maximum absolute atomic E-state index is 13.1. The molecule has 4 aromatic rings. The van der Waals surface area contributed by atoms with Crippen LogP contribution in [0.3, 0.4) is 0 Å². The molecule has 2 heterocycles. The topological polar surface area (TPSA) is 50.6 Å². The number of aromatic nitrogens is 1. The van der Waals surface area contributed by atoms with Gasteiger partial charge in [-0.1, -0.05) is 35.9 Å². The first-order valence-electron chi connectivity index (χ1n) is 8.81. The monoisotopic (exact) mass is 372 g/mol. The summed E-state index contributed by atoms with van der Waals surface area (Å²) in [5.74, 6) is -1.85.